The van der Waals surface area contributed by atoms with Crippen molar-refractivity contribution >= 4 is 11.3 Å². The number of nitrogens with zero attached hydrogens (tertiary/aromatic N) is 2. The lowest BCUT2D eigenvalue weighted by atomic mass is 10.1. The zero-order valence-electron chi connectivity index (χ0n) is 7.77. The predicted octanol–water partition coefficient (Wildman–Crippen LogP) is 1.45. The second kappa shape index (κ2) is 3.89. The van der Waals surface area contributed by atoms with Gasteiger partial charge in [0.1, 0.15) is 0 Å². The minimum Gasteiger partial charge on any atom is -0.388 e. The molecule has 0 bridgehead atoms. The normalized spacial score (nSPS) is 13.0. The molecule has 0 aliphatic heterocycles. The van der Waals surface area contributed by atoms with Gasteiger partial charge in [0.2, 0.25) is 0 Å². The molecule has 0 saturated carbocycles. The third kappa shape index (κ3) is 2.00. The number of H-pyrrole nitrogens is 1. The van der Waals surface area contributed by atoms with Crippen LogP contribution in [0.25, 0.3) is 0 Å². The van der Waals surface area contributed by atoms with E-state index in [1.54, 1.807) is 23.7 Å². The number of aromatic nitrogens is 3. The van der Waals surface area contributed by atoms with Crippen LogP contribution in [-0.4, -0.2) is 20.3 Å². The van der Waals surface area contributed by atoms with E-state index in [1.165, 1.54) is 0 Å². The van der Waals surface area contributed by atoms with E-state index in [1.807, 2.05) is 12.3 Å². The number of nitrogens with one attached hydrogen (secondary N) is 1. The van der Waals surface area contributed by atoms with Crippen molar-refractivity contribution in [2.45, 2.75) is 19.4 Å². The second-order valence-electron chi connectivity index (χ2n) is 3.13. The molecule has 0 radical (unpaired) electrons. The van der Waals surface area contributed by atoms with Gasteiger partial charge in [-0.15, -0.1) is 11.3 Å². The molecule has 2 N–H and O–H groups in total. The van der Waals surface area contributed by atoms with E-state index in [0.717, 1.165) is 16.3 Å². The zero-order chi connectivity index (χ0) is 9.97. The van der Waals surface area contributed by atoms with Gasteiger partial charge in [-0.3, -0.25) is 5.10 Å². The van der Waals surface area contributed by atoms with Crippen LogP contribution in [0, 0.1) is 6.92 Å². The quantitative estimate of drug-likeness (QED) is 0.804. The first-order valence-electron chi connectivity index (χ1n) is 4.33. The third-order valence-corrected chi connectivity index (χ3v) is 2.93. The van der Waals surface area contributed by atoms with Gasteiger partial charge in [0.15, 0.2) is 0 Å². The number of rotatable bonds is 3. The van der Waals surface area contributed by atoms with Gasteiger partial charge in [-0.25, -0.2) is 4.98 Å². The molecule has 4 nitrogen and oxygen atoms in total. The lowest BCUT2D eigenvalue weighted by molar-refractivity contribution is 0.178. The number of aromatic amines is 1. The Morgan fingerprint density at radius 1 is 1.64 bits per heavy atom. The minimum atomic E-state index is -0.515. The maximum Gasteiger partial charge on any atom is 0.0957 e. The summed E-state index contributed by atoms with van der Waals surface area (Å²) in [4.78, 5) is 4.29. The average molecular weight is 209 g/mol. The van der Waals surface area contributed by atoms with Crippen LogP contribution in [0.1, 0.15) is 22.4 Å². The molecule has 2 heterocycles. The molecular formula is C9H11N3OS. The van der Waals surface area contributed by atoms with Crippen molar-refractivity contribution in [3.05, 3.63) is 34.0 Å². The average Bonchev–Trinajstić information content (AvgIpc) is 2.75. The van der Waals surface area contributed by atoms with Crippen LogP contribution in [0.5, 0.6) is 0 Å². The second-order valence-corrected chi connectivity index (χ2v) is 4.08. The van der Waals surface area contributed by atoms with E-state index < -0.39 is 6.10 Å². The van der Waals surface area contributed by atoms with Crippen LogP contribution >= 0.6 is 11.3 Å². The summed E-state index contributed by atoms with van der Waals surface area (Å²) in [5.74, 6) is 0. The molecule has 0 aromatic carbocycles. The first-order valence-corrected chi connectivity index (χ1v) is 5.21. The summed E-state index contributed by atoms with van der Waals surface area (Å²) in [5.41, 5.74) is 1.81. The number of aliphatic hydroxyl groups is 1. The molecule has 14 heavy (non-hydrogen) atoms. The van der Waals surface area contributed by atoms with Crippen LogP contribution in [0.15, 0.2) is 17.8 Å². The SMILES string of the molecule is Cc1csc(CC(O)c2cn[nH]c2)n1. The van der Waals surface area contributed by atoms with Gasteiger partial charge in [0, 0.05) is 29.3 Å². The smallest absolute Gasteiger partial charge is 0.0957 e. The van der Waals surface area contributed by atoms with Gasteiger partial charge < -0.3 is 5.11 Å². The molecule has 1 unspecified atom stereocenters. The Morgan fingerprint density at radius 2 is 2.50 bits per heavy atom. The summed E-state index contributed by atoms with van der Waals surface area (Å²) in [5, 5.41) is 19.2. The van der Waals surface area contributed by atoms with Gasteiger partial charge in [-0.2, -0.15) is 5.10 Å². The van der Waals surface area contributed by atoms with Crippen LogP contribution in [0.2, 0.25) is 0 Å². The number of thiazole rings is 1. The summed E-state index contributed by atoms with van der Waals surface area (Å²) in [6.07, 6.45) is 3.37. The Morgan fingerprint density at radius 3 is 3.07 bits per heavy atom. The Hall–Kier alpha value is -1.20. The number of aliphatic hydroxyl groups excluding tert-OH is 1. The minimum absolute atomic E-state index is 0.515. The van der Waals surface area contributed by atoms with Crippen molar-refractivity contribution in [2.75, 3.05) is 0 Å². The first kappa shape index (κ1) is 9.36. The Labute approximate surface area is 85.6 Å². The van der Waals surface area contributed by atoms with Crippen LogP contribution in [-0.2, 0) is 6.42 Å². The lowest BCUT2D eigenvalue weighted by Gasteiger charge is -2.04. The van der Waals surface area contributed by atoms with E-state index in [2.05, 4.69) is 15.2 Å². The highest BCUT2D eigenvalue weighted by atomic mass is 32.1. The van der Waals surface area contributed by atoms with Crippen molar-refractivity contribution in [1.29, 1.82) is 0 Å². The highest BCUT2D eigenvalue weighted by Gasteiger charge is 2.11. The fourth-order valence-corrected chi connectivity index (χ4v) is 2.03. The largest absolute Gasteiger partial charge is 0.388 e. The molecule has 0 spiro atoms. The fraction of sp³-hybridized carbons (Fsp3) is 0.333. The molecule has 2 aromatic rings. The van der Waals surface area contributed by atoms with Gasteiger partial charge in [0.25, 0.3) is 0 Å². The molecule has 0 aliphatic rings. The maximum atomic E-state index is 9.78. The van der Waals surface area contributed by atoms with Crippen LogP contribution in [0.3, 0.4) is 0 Å². The van der Waals surface area contributed by atoms with Gasteiger partial charge in [-0.05, 0) is 6.92 Å². The maximum absolute atomic E-state index is 9.78. The molecule has 5 heteroatoms. The van der Waals surface area contributed by atoms with E-state index >= 15 is 0 Å². The molecule has 2 rings (SSSR count). The highest BCUT2D eigenvalue weighted by molar-refractivity contribution is 7.09. The fourth-order valence-electron chi connectivity index (χ4n) is 1.22. The lowest BCUT2D eigenvalue weighted by Crippen LogP contribution is -2.00. The Kier molecular flexibility index (Phi) is 2.60. The monoisotopic (exact) mass is 209 g/mol. The molecule has 74 valence electrons. The van der Waals surface area contributed by atoms with Crippen molar-refractivity contribution in [1.82, 2.24) is 15.2 Å². The van der Waals surface area contributed by atoms with E-state index in [9.17, 15) is 5.11 Å². The molecule has 1 atom stereocenters. The van der Waals surface area contributed by atoms with Crippen molar-refractivity contribution in [3.63, 3.8) is 0 Å². The summed E-state index contributed by atoms with van der Waals surface area (Å²) >= 11 is 1.57. The van der Waals surface area contributed by atoms with E-state index in [-0.39, 0.29) is 0 Å². The van der Waals surface area contributed by atoms with Crippen LogP contribution in [0.4, 0.5) is 0 Å². The van der Waals surface area contributed by atoms with Gasteiger partial charge in [0.05, 0.1) is 17.3 Å². The number of aryl methyl sites for hydroxylation is 1. The van der Waals surface area contributed by atoms with Gasteiger partial charge >= 0.3 is 0 Å². The van der Waals surface area contributed by atoms with Gasteiger partial charge in [-0.1, -0.05) is 0 Å². The number of hydrogen-bond acceptors (Lipinski definition) is 4. The summed E-state index contributed by atoms with van der Waals surface area (Å²) in [6, 6.07) is 0. The van der Waals surface area contributed by atoms with Crippen molar-refractivity contribution in [2.24, 2.45) is 0 Å². The summed E-state index contributed by atoms with van der Waals surface area (Å²) < 4.78 is 0. The molecule has 0 aliphatic carbocycles. The van der Waals surface area contributed by atoms with Crippen LogP contribution < -0.4 is 0 Å². The van der Waals surface area contributed by atoms with E-state index in [0.29, 0.717) is 6.42 Å². The summed E-state index contributed by atoms with van der Waals surface area (Å²) in [7, 11) is 0. The summed E-state index contributed by atoms with van der Waals surface area (Å²) in [6.45, 7) is 1.95. The van der Waals surface area contributed by atoms with Crippen molar-refractivity contribution in [3.8, 4) is 0 Å². The molecular weight excluding hydrogens is 198 g/mol. The van der Waals surface area contributed by atoms with Crippen molar-refractivity contribution < 1.29 is 5.11 Å². The topological polar surface area (TPSA) is 61.8 Å². The molecule has 0 saturated heterocycles. The number of hydrogen-bond donors (Lipinski definition) is 2. The predicted molar refractivity (Wildman–Crippen MR) is 54.1 cm³/mol. The highest BCUT2D eigenvalue weighted by Crippen LogP contribution is 2.19. The molecule has 2 aromatic heterocycles. The molecule has 0 amide bonds. The first-order chi connectivity index (χ1) is 6.75. The molecule has 0 fully saturated rings. The third-order valence-electron chi connectivity index (χ3n) is 1.94. The Balaban J connectivity index is 2.05. The Bertz CT molecular complexity index is 396. The zero-order valence-corrected chi connectivity index (χ0v) is 8.58. The van der Waals surface area contributed by atoms with E-state index in [4.69, 9.17) is 0 Å². The standard InChI is InChI=1S/C9H11N3OS/c1-6-5-14-9(12-6)2-8(13)7-3-10-11-4-7/h3-5,8,13H,2H2,1H3,(H,10,11).